The molecular formula is C32H60O. The fourth-order valence-corrected chi connectivity index (χ4v) is 3.40. The number of aliphatic hydroxyl groups is 1. The molecule has 0 saturated heterocycles. The van der Waals surface area contributed by atoms with E-state index in [0.717, 1.165) is 44.4 Å². The summed E-state index contributed by atoms with van der Waals surface area (Å²) in [5.41, 5.74) is 5.31. The Kier molecular flexibility index (Phi) is 21.0. The summed E-state index contributed by atoms with van der Waals surface area (Å²) in [4.78, 5) is 0. The smallest absolute Gasteiger partial charge is 0.0622 e. The largest absolute Gasteiger partial charge is 0.390 e. The molecule has 0 aliphatic rings. The molecule has 0 bridgehead atoms. The molecule has 0 aromatic heterocycles. The van der Waals surface area contributed by atoms with Crippen molar-refractivity contribution in [3.8, 4) is 0 Å². The third-order valence-corrected chi connectivity index (χ3v) is 5.86. The zero-order valence-corrected chi connectivity index (χ0v) is 24.5. The molecule has 1 heteroatoms. The lowest BCUT2D eigenvalue weighted by Gasteiger charge is -2.23. The first-order valence-electron chi connectivity index (χ1n) is 13.6. The van der Waals surface area contributed by atoms with Crippen molar-refractivity contribution in [1.82, 2.24) is 0 Å². The Hall–Kier alpha value is -1.08. The first kappa shape index (κ1) is 34.1. The topological polar surface area (TPSA) is 20.2 Å². The number of rotatable bonds is 15. The van der Waals surface area contributed by atoms with E-state index in [1.54, 1.807) is 5.57 Å². The fraction of sp³-hybridized carbons (Fsp3) is 0.750. The van der Waals surface area contributed by atoms with Crippen molar-refractivity contribution in [3.05, 3.63) is 46.6 Å². The molecule has 0 rings (SSSR count). The van der Waals surface area contributed by atoms with Gasteiger partial charge in [-0.2, -0.15) is 0 Å². The quantitative estimate of drug-likeness (QED) is 0.241. The van der Waals surface area contributed by atoms with E-state index < -0.39 is 5.60 Å². The monoisotopic (exact) mass is 460 g/mol. The highest BCUT2D eigenvalue weighted by atomic mass is 16.3. The van der Waals surface area contributed by atoms with Crippen LogP contribution in [0.3, 0.4) is 0 Å². The lowest BCUT2D eigenvalue weighted by Crippen LogP contribution is -2.24. The molecule has 0 radical (unpaired) electrons. The minimum atomic E-state index is -0.499. The van der Waals surface area contributed by atoms with Gasteiger partial charge in [-0.3, -0.25) is 0 Å². The van der Waals surface area contributed by atoms with Crippen LogP contribution >= 0.6 is 0 Å². The molecule has 194 valence electrons. The van der Waals surface area contributed by atoms with Crippen LogP contribution in [0.4, 0.5) is 0 Å². The second-order valence-electron chi connectivity index (χ2n) is 11.7. The Bertz CT molecular complexity index is 588. The van der Waals surface area contributed by atoms with Gasteiger partial charge in [0.25, 0.3) is 0 Å². The van der Waals surface area contributed by atoms with Crippen LogP contribution in [-0.4, -0.2) is 10.7 Å². The summed E-state index contributed by atoms with van der Waals surface area (Å²) in [5, 5.41) is 10.3. The summed E-state index contributed by atoms with van der Waals surface area (Å²) in [6, 6.07) is 0. The maximum Gasteiger partial charge on any atom is 0.0622 e. The zero-order chi connectivity index (χ0) is 25.9. The molecule has 0 heterocycles. The second kappa shape index (κ2) is 20.3. The van der Waals surface area contributed by atoms with Gasteiger partial charge in [-0.1, -0.05) is 74.3 Å². The summed E-state index contributed by atoms with van der Waals surface area (Å²) in [7, 11) is 0. The van der Waals surface area contributed by atoms with E-state index in [0.29, 0.717) is 5.92 Å². The average molecular weight is 461 g/mol. The van der Waals surface area contributed by atoms with Gasteiger partial charge in [0.1, 0.15) is 0 Å². The number of hydrogen-bond donors (Lipinski definition) is 1. The Morgan fingerprint density at radius 2 is 1.03 bits per heavy atom. The molecule has 1 atom stereocenters. The van der Waals surface area contributed by atoms with Gasteiger partial charge in [0.2, 0.25) is 0 Å². The zero-order valence-electron chi connectivity index (χ0n) is 24.5. The highest BCUT2D eigenvalue weighted by molar-refractivity contribution is 5.03. The minimum Gasteiger partial charge on any atom is -0.390 e. The van der Waals surface area contributed by atoms with E-state index in [9.17, 15) is 5.11 Å². The number of hydrogen-bond acceptors (Lipinski definition) is 1. The van der Waals surface area contributed by atoms with E-state index >= 15 is 0 Å². The van der Waals surface area contributed by atoms with Crippen LogP contribution < -0.4 is 0 Å². The standard InChI is InChI=1S/C18H34O.C14H26/c1-15(2)9-7-10-17(5)11-8-13-18(6,19)14-12-16(3)4;1-12(2)8-6-10-14(5)11-7-9-13(3)4/h9,11,16,19H,7-8,10,12-14H2,1-6H3;8,11,13H,6-7,9-10H2,1-5H3/b17-11+;14-11+. The molecule has 1 N–H and O–H groups in total. The summed E-state index contributed by atoms with van der Waals surface area (Å²) >= 11 is 0. The minimum absolute atomic E-state index is 0.499. The highest BCUT2D eigenvalue weighted by Crippen LogP contribution is 2.22. The van der Waals surface area contributed by atoms with Crippen molar-refractivity contribution in [3.63, 3.8) is 0 Å². The normalized spacial score (nSPS) is 14.0. The number of allylic oxidation sites excluding steroid dienone is 8. The average Bonchev–Trinajstić information content (AvgIpc) is 2.66. The molecule has 0 aromatic rings. The summed E-state index contributed by atoms with van der Waals surface area (Å²) < 4.78 is 0. The van der Waals surface area contributed by atoms with E-state index in [1.807, 2.05) is 6.92 Å². The lowest BCUT2D eigenvalue weighted by atomic mass is 9.91. The Morgan fingerprint density at radius 3 is 1.42 bits per heavy atom. The first-order valence-corrected chi connectivity index (χ1v) is 13.6. The fourth-order valence-electron chi connectivity index (χ4n) is 3.40. The van der Waals surface area contributed by atoms with Gasteiger partial charge in [-0.25, -0.2) is 0 Å². The van der Waals surface area contributed by atoms with Crippen LogP contribution in [0.25, 0.3) is 0 Å². The summed E-state index contributed by atoms with van der Waals surface area (Å²) in [6.45, 7) is 24.0. The third-order valence-electron chi connectivity index (χ3n) is 5.86. The van der Waals surface area contributed by atoms with Crippen LogP contribution in [0, 0.1) is 11.8 Å². The van der Waals surface area contributed by atoms with Crippen molar-refractivity contribution in [2.24, 2.45) is 11.8 Å². The van der Waals surface area contributed by atoms with Crippen LogP contribution in [0.5, 0.6) is 0 Å². The van der Waals surface area contributed by atoms with E-state index in [-0.39, 0.29) is 0 Å². The predicted molar refractivity (Wildman–Crippen MR) is 153 cm³/mol. The van der Waals surface area contributed by atoms with E-state index in [1.165, 1.54) is 42.4 Å². The lowest BCUT2D eigenvalue weighted by molar-refractivity contribution is 0.0376. The maximum atomic E-state index is 10.3. The third kappa shape index (κ3) is 28.9. The maximum absolute atomic E-state index is 10.3. The summed E-state index contributed by atoms with van der Waals surface area (Å²) in [6.07, 6.45) is 20.5. The van der Waals surface area contributed by atoms with Crippen LogP contribution in [0.15, 0.2) is 46.6 Å². The van der Waals surface area contributed by atoms with Crippen molar-refractivity contribution >= 4 is 0 Å². The van der Waals surface area contributed by atoms with Gasteiger partial charge in [0.15, 0.2) is 0 Å². The molecule has 0 aromatic carbocycles. The van der Waals surface area contributed by atoms with Gasteiger partial charge in [-0.15, -0.1) is 0 Å². The van der Waals surface area contributed by atoms with Crippen molar-refractivity contribution < 1.29 is 5.11 Å². The molecule has 0 aliphatic carbocycles. The summed E-state index contributed by atoms with van der Waals surface area (Å²) in [5.74, 6) is 1.50. The SMILES string of the molecule is CC(C)=CCC/C(C)=C/CCC(C)(O)CCC(C)C.CC(C)=CCC/C(C)=C/CCC(C)C. The molecule has 0 amide bonds. The van der Waals surface area contributed by atoms with Gasteiger partial charge in [0.05, 0.1) is 5.60 Å². The van der Waals surface area contributed by atoms with Gasteiger partial charge < -0.3 is 5.11 Å². The Morgan fingerprint density at radius 1 is 0.606 bits per heavy atom. The molecule has 0 fully saturated rings. The van der Waals surface area contributed by atoms with Crippen molar-refractivity contribution in [2.45, 2.75) is 146 Å². The van der Waals surface area contributed by atoms with Crippen molar-refractivity contribution in [1.29, 1.82) is 0 Å². The van der Waals surface area contributed by atoms with Gasteiger partial charge in [0, 0.05) is 0 Å². The first-order chi connectivity index (χ1) is 15.2. The van der Waals surface area contributed by atoms with Gasteiger partial charge in [-0.05, 0) is 125 Å². The molecule has 33 heavy (non-hydrogen) atoms. The van der Waals surface area contributed by atoms with Crippen molar-refractivity contribution in [2.75, 3.05) is 0 Å². The molecule has 1 nitrogen and oxygen atoms in total. The van der Waals surface area contributed by atoms with E-state index in [2.05, 4.69) is 93.5 Å². The Balaban J connectivity index is 0. The van der Waals surface area contributed by atoms with E-state index in [4.69, 9.17) is 0 Å². The Labute approximate surface area is 209 Å². The van der Waals surface area contributed by atoms with Crippen LogP contribution in [0.2, 0.25) is 0 Å². The highest BCUT2D eigenvalue weighted by Gasteiger charge is 2.19. The van der Waals surface area contributed by atoms with Crippen LogP contribution in [-0.2, 0) is 0 Å². The van der Waals surface area contributed by atoms with Crippen LogP contribution in [0.1, 0.15) is 140 Å². The molecule has 0 aliphatic heterocycles. The molecule has 1 unspecified atom stereocenters. The molecule has 0 saturated carbocycles. The second-order valence-corrected chi connectivity index (χ2v) is 11.7. The molecule has 0 spiro atoms. The molecular weight excluding hydrogens is 400 g/mol. The predicted octanol–water partition coefficient (Wildman–Crippen LogP) is 10.8. The van der Waals surface area contributed by atoms with Gasteiger partial charge >= 0.3 is 0 Å².